The SMILES string of the molecule is CC(C)C(=O)N[C@@H](CNC(=O)c1ccc(Cl)s1)C(=O)Nc1ccc(N2CCOCC2=O)cc1OC(F)F. The molecule has 1 aliphatic heterocycles. The number of alkyl halides is 2. The summed E-state index contributed by atoms with van der Waals surface area (Å²) < 4.78 is 36.3. The fourth-order valence-corrected chi connectivity index (χ4v) is 4.21. The molecule has 0 bridgehead atoms. The van der Waals surface area contributed by atoms with E-state index in [1.807, 2.05) is 0 Å². The van der Waals surface area contributed by atoms with Crippen LogP contribution in [0.15, 0.2) is 30.3 Å². The molecule has 37 heavy (non-hydrogen) atoms. The Morgan fingerprint density at radius 3 is 2.57 bits per heavy atom. The van der Waals surface area contributed by atoms with Crippen LogP contribution in [0.25, 0.3) is 0 Å². The molecule has 3 rings (SSSR count). The van der Waals surface area contributed by atoms with Gasteiger partial charge in [-0.2, -0.15) is 8.78 Å². The highest BCUT2D eigenvalue weighted by Gasteiger charge is 2.26. The van der Waals surface area contributed by atoms with E-state index in [2.05, 4.69) is 20.7 Å². The zero-order valence-electron chi connectivity index (χ0n) is 19.9. The van der Waals surface area contributed by atoms with Crippen molar-refractivity contribution in [1.29, 1.82) is 0 Å². The Morgan fingerprint density at radius 2 is 1.95 bits per heavy atom. The average molecular weight is 559 g/mol. The molecule has 4 amide bonds. The van der Waals surface area contributed by atoms with Crippen molar-refractivity contribution in [3.63, 3.8) is 0 Å². The average Bonchev–Trinajstić information content (AvgIpc) is 3.28. The van der Waals surface area contributed by atoms with Gasteiger partial charge in [0.1, 0.15) is 12.6 Å². The summed E-state index contributed by atoms with van der Waals surface area (Å²) in [6.45, 7) is 0.0917. The normalized spacial score (nSPS) is 14.5. The molecule has 0 saturated carbocycles. The van der Waals surface area contributed by atoms with E-state index in [0.29, 0.717) is 9.21 Å². The molecule has 3 N–H and O–H groups in total. The Balaban J connectivity index is 1.79. The lowest BCUT2D eigenvalue weighted by atomic mass is 10.1. The zero-order valence-corrected chi connectivity index (χ0v) is 21.5. The Labute approximate surface area is 220 Å². The first-order valence-electron chi connectivity index (χ1n) is 11.2. The molecule has 200 valence electrons. The molecular formula is C23H25ClF2N4O6S. The summed E-state index contributed by atoms with van der Waals surface area (Å²) in [6.07, 6.45) is 0. The summed E-state index contributed by atoms with van der Waals surface area (Å²) in [5, 5.41) is 7.55. The molecule has 1 atom stereocenters. The lowest BCUT2D eigenvalue weighted by Crippen LogP contribution is -2.51. The van der Waals surface area contributed by atoms with Crippen LogP contribution in [0.2, 0.25) is 4.34 Å². The number of halogens is 3. The first-order chi connectivity index (χ1) is 17.5. The molecule has 1 aliphatic rings. The number of anilines is 2. The minimum Gasteiger partial charge on any atom is -0.433 e. The third-order valence-electron chi connectivity index (χ3n) is 5.16. The Bertz CT molecular complexity index is 1160. The third-order valence-corrected chi connectivity index (χ3v) is 6.39. The smallest absolute Gasteiger partial charge is 0.387 e. The molecule has 1 saturated heterocycles. The van der Waals surface area contributed by atoms with Crippen molar-refractivity contribution >= 4 is 57.9 Å². The van der Waals surface area contributed by atoms with Crippen LogP contribution >= 0.6 is 22.9 Å². The van der Waals surface area contributed by atoms with Crippen LogP contribution in [-0.4, -0.2) is 62.6 Å². The number of rotatable bonds is 10. The van der Waals surface area contributed by atoms with E-state index in [1.165, 1.54) is 29.2 Å². The number of hydrogen-bond acceptors (Lipinski definition) is 7. The predicted molar refractivity (Wildman–Crippen MR) is 133 cm³/mol. The number of amides is 4. The van der Waals surface area contributed by atoms with E-state index in [-0.39, 0.29) is 49.3 Å². The highest BCUT2D eigenvalue weighted by atomic mass is 35.5. The number of carbonyl (C=O) groups is 4. The second-order valence-corrected chi connectivity index (χ2v) is 9.89. The highest BCUT2D eigenvalue weighted by molar-refractivity contribution is 7.18. The lowest BCUT2D eigenvalue weighted by molar-refractivity contribution is -0.128. The third kappa shape index (κ3) is 7.84. The number of ether oxygens (including phenoxy) is 2. The summed E-state index contributed by atoms with van der Waals surface area (Å²) in [4.78, 5) is 51.6. The molecule has 10 nitrogen and oxygen atoms in total. The van der Waals surface area contributed by atoms with Gasteiger partial charge >= 0.3 is 6.61 Å². The van der Waals surface area contributed by atoms with Crippen LogP contribution in [0, 0.1) is 5.92 Å². The van der Waals surface area contributed by atoms with Gasteiger partial charge in [-0.1, -0.05) is 25.4 Å². The first-order valence-corrected chi connectivity index (χ1v) is 12.4. The van der Waals surface area contributed by atoms with Crippen LogP contribution in [0.4, 0.5) is 20.2 Å². The molecule has 14 heteroatoms. The molecule has 2 aromatic rings. The largest absolute Gasteiger partial charge is 0.433 e. The van der Waals surface area contributed by atoms with E-state index >= 15 is 0 Å². The lowest BCUT2D eigenvalue weighted by Gasteiger charge is -2.27. The van der Waals surface area contributed by atoms with Crippen molar-refractivity contribution in [2.24, 2.45) is 5.92 Å². The van der Waals surface area contributed by atoms with Gasteiger partial charge in [-0.05, 0) is 24.3 Å². The maximum atomic E-state index is 13.1. The van der Waals surface area contributed by atoms with E-state index in [9.17, 15) is 28.0 Å². The molecule has 0 unspecified atom stereocenters. The van der Waals surface area contributed by atoms with Crippen molar-refractivity contribution in [2.45, 2.75) is 26.5 Å². The minimum absolute atomic E-state index is 0.116. The molecule has 0 radical (unpaired) electrons. The van der Waals surface area contributed by atoms with Crippen molar-refractivity contribution in [3.8, 4) is 5.75 Å². The highest BCUT2D eigenvalue weighted by Crippen LogP contribution is 2.32. The number of nitrogens with one attached hydrogen (secondary N) is 3. The van der Waals surface area contributed by atoms with Crippen molar-refractivity contribution in [1.82, 2.24) is 10.6 Å². The summed E-state index contributed by atoms with van der Waals surface area (Å²) in [5.41, 5.74) is 0.170. The standard InChI is InChI=1S/C23H25ClF2N4O6S/c1-12(2)20(32)29-15(10-27-22(34)17-5-6-18(24)37-17)21(33)28-14-4-3-13(9-16(14)36-23(25)26)30-7-8-35-11-19(30)31/h3-6,9,12,15,23H,7-8,10-11H2,1-2H3,(H,27,34)(H,28,33)(H,29,32)/t15-/m0/s1. The molecule has 1 aromatic carbocycles. The Morgan fingerprint density at radius 1 is 1.19 bits per heavy atom. The van der Waals surface area contributed by atoms with Gasteiger partial charge < -0.3 is 30.3 Å². The first kappa shape index (κ1) is 28.3. The van der Waals surface area contributed by atoms with Crippen LogP contribution in [0.3, 0.4) is 0 Å². The van der Waals surface area contributed by atoms with Crippen molar-refractivity contribution in [2.75, 3.05) is 36.5 Å². The fourth-order valence-electron chi connectivity index (χ4n) is 3.25. The Hall–Kier alpha value is -3.29. The fraction of sp³-hybridized carbons (Fsp3) is 0.391. The van der Waals surface area contributed by atoms with Gasteiger partial charge in [-0.15, -0.1) is 11.3 Å². The minimum atomic E-state index is -3.21. The predicted octanol–water partition coefficient (Wildman–Crippen LogP) is 2.88. The van der Waals surface area contributed by atoms with Crippen LogP contribution < -0.4 is 25.6 Å². The number of benzene rings is 1. The molecule has 0 aliphatic carbocycles. The van der Waals surface area contributed by atoms with Crippen LogP contribution in [0.1, 0.15) is 23.5 Å². The van der Waals surface area contributed by atoms with Gasteiger partial charge in [0.25, 0.3) is 11.8 Å². The summed E-state index contributed by atoms with van der Waals surface area (Å²) in [6, 6.07) is 5.79. The molecule has 0 spiro atoms. The summed E-state index contributed by atoms with van der Waals surface area (Å²) in [5.74, 6) is -2.96. The van der Waals surface area contributed by atoms with Crippen LogP contribution in [0.5, 0.6) is 5.75 Å². The van der Waals surface area contributed by atoms with Crippen molar-refractivity contribution < 1.29 is 37.4 Å². The van der Waals surface area contributed by atoms with E-state index in [4.69, 9.17) is 16.3 Å². The van der Waals surface area contributed by atoms with Gasteiger partial charge in [0.15, 0.2) is 5.75 Å². The van der Waals surface area contributed by atoms with Gasteiger partial charge in [-0.25, -0.2) is 0 Å². The molecule has 2 heterocycles. The molecule has 1 fully saturated rings. The van der Waals surface area contributed by atoms with Gasteiger partial charge in [0.05, 0.1) is 21.5 Å². The molecular weight excluding hydrogens is 534 g/mol. The van der Waals surface area contributed by atoms with Crippen LogP contribution in [-0.2, 0) is 19.1 Å². The number of thiophene rings is 1. The van der Waals surface area contributed by atoms with E-state index < -0.39 is 36.3 Å². The number of carbonyl (C=O) groups excluding carboxylic acids is 4. The Kier molecular flexibility index (Phi) is 9.78. The monoisotopic (exact) mass is 558 g/mol. The van der Waals surface area contributed by atoms with Gasteiger partial charge in [0.2, 0.25) is 11.8 Å². The summed E-state index contributed by atoms with van der Waals surface area (Å²) in [7, 11) is 0. The maximum absolute atomic E-state index is 13.1. The van der Waals surface area contributed by atoms with Gasteiger partial charge in [0, 0.05) is 30.8 Å². The number of morpholine rings is 1. The maximum Gasteiger partial charge on any atom is 0.387 e. The zero-order chi connectivity index (χ0) is 27.1. The topological polar surface area (TPSA) is 126 Å². The van der Waals surface area contributed by atoms with Gasteiger partial charge in [-0.3, -0.25) is 19.2 Å². The van der Waals surface area contributed by atoms with E-state index in [0.717, 1.165) is 11.3 Å². The second-order valence-electron chi connectivity index (χ2n) is 8.18. The number of hydrogen-bond donors (Lipinski definition) is 3. The quantitative estimate of drug-likeness (QED) is 0.412. The van der Waals surface area contributed by atoms with E-state index in [1.54, 1.807) is 19.9 Å². The number of nitrogens with zero attached hydrogens (tertiary/aromatic N) is 1. The molecule has 1 aromatic heterocycles. The van der Waals surface area contributed by atoms with Crippen molar-refractivity contribution in [3.05, 3.63) is 39.5 Å². The second kappa shape index (κ2) is 12.8. The summed E-state index contributed by atoms with van der Waals surface area (Å²) >= 11 is 6.90.